The van der Waals surface area contributed by atoms with Crippen LogP contribution in [0.5, 0.6) is 5.75 Å². The number of rotatable bonds is 8. The lowest BCUT2D eigenvalue weighted by Crippen LogP contribution is -2.18. The van der Waals surface area contributed by atoms with Gasteiger partial charge in [-0.2, -0.15) is 5.10 Å². The van der Waals surface area contributed by atoms with Gasteiger partial charge >= 0.3 is 0 Å². The van der Waals surface area contributed by atoms with Crippen molar-refractivity contribution < 1.29 is 4.74 Å². The Morgan fingerprint density at radius 2 is 2.24 bits per heavy atom. The Morgan fingerprint density at radius 3 is 2.90 bits per heavy atom. The summed E-state index contributed by atoms with van der Waals surface area (Å²) in [5.74, 6) is 1.54. The van der Waals surface area contributed by atoms with E-state index in [0.29, 0.717) is 12.5 Å². The Hall–Kier alpha value is -1.33. The molecule has 0 fully saturated rings. The Labute approximate surface area is 134 Å². The normalized spacial score (nSPS) is 11.0. The fourth-order valence-electron chi connectivity index (χ4n) is 1.96. The van der Waals surface area contributed by atoms with Crippen molar-refractivity contribution in [1.29, 1.82) is 0 Å². The predicted molar refractivity (Wildman–Crippen MR) is 88.4 cm³/mol. The van der Waals surface area contributed by atoms with Crippen molar-refractivity contribution in [3.05, 3.63) is 46.7 Å². The van der Waals surface area contributed by atoms with Gasteiger partial charge in [-0.05, 0) is 52.2 Å². The molecule has 1 aromatic heterocycles. The first kappa shape index (κ1) is 16.0. The van der Waals surface area contributed by atoms with E-state index in [1.807, 2.05) is 23.0 Å². The number of nitrogens with one attached hydrogen (secondary N) is 1. The number of hydrogen-bond donors (Lipinski definition) is 1. The molecule has 1 aromatic carbocycles. The molecule has 4 nitrogen and oxygen atoms in total. The third-order valence-corrected chi connectivity index (χ3v) is 3.63. The highest BCUT2D eigenvalue weighted by atomic mass is 79.9. The van der Waals surface area contributed by atoms with Crippen molar-refractivity contribution in [3.8, 4) is 5.75 Å². The molecule has 0 amide bonds. The number of hydrogen-bond acceptors (Lipinski definition) is 3. The molecule has 0 unspecified atom stereocenters. The Morgan fingerprint density at radius 1 is 1.38 bits per heavy atom. The lowest BCUT2D eigenvalue weighted by atomic mass is 10.2. The molecule has 21 heavy (non-hydrogen) atoms. The maximum Gasteiger partial charge on any atom is 0.133 e. The van der Waals surface area contributed by atoms with Crippen molar-refractivity contribution in [3.63, 3.8) is 0 Å². The van der Waals surface area contributed by atoms with Crippen LogP contribution in [0.4, 0.5) is 0 Å². The molecule has 0 aliphatic carbocycles. The van der Waals surface area contributed by atoms with Crippen molar-refractivity contribution >= 4 is 15.9 Å². The monoisotopic (exact) mass is 351 g/mol. The molecule has 5 heteroatoms. The highest BCUT2D eigenvalue weighted by Gasteiger charge is 2.03. The zero-order valence-corrected chi connectivity index (χ0v) is 14.1. The SMILES string of the molecule is CC(C)CNCc1ccc(OCCn2cccn2)c(Br)c1. The second-order valence-electron chi connectivity index (χ2n) is 5.41. The third kappa shape index (κ3) is 5.52. The quantitative estimate of drug-likeness (QED) is 0.791. The molecule has 0 spiro atoms. The van der Waals surface area contributed by atoms with E-state index in [1.165, 1.54) is 5.56 Å². The summed E-state index contributed by atoms with van der Waals surface area (Å²) in [6.45, 7) is 7.67. The largest absolute Gasteiger partial charge is 0.490 e. The van der Waals surface area contributed by atoms with E-state index >= 15 is 0 Å². The average Bonchev–Trinajstić information content (AvgIpc) is 2.94. The summed E-state index contributed by atoms with van der Waals surface area (Å²) in [6.07, 6.45) is 3.71. The van der Waals surface area contributed by atoms with Crippen LogP contribution in [0.2, 0.25) is 0 Å². The summed E-state index contributed by atoms with van der Waals surface area (Å²) in [6, 6.07) is 8.13. The van der Waals surface area contributed by atoms with E-state index in [-0.39, 0.29) is 0 Å². The minimum Gasteiger partial charge on any atom is -0.490 e. The lowest BCUT2D eigenvalue weighted by molar-refractivity contribution is 0.289. The van der Waals surface area contributed by atoms with E-state index < -0.39 is 0 Å². The van der Waals surface area contributed by atoms with Crippen LogP contribution in [0.1, 0.15) is 19.4 Å². The van der Waals surface area contributed by atoms with Gasteiger partial charge < -0.3 is 10.1 Å². The van der Waals surface area contributed by atoms with Gasteiger partial charge in [-0.25, -0.2) is 0 Å². The smallest absolute Gasteiger partial charge is 0.133 e. The first-order chi connectivity index (χ1) is 10.1. The van der Waals surface area contributed by atoms with E-state index in [2.05, 4.69) is 52.3 Å². The average molecular weight is 352 g/mol. The summed E-state index contributed by atoms with van der Waals surface area (Å²) >= 11 is 3.57. The third-order valence-electron chi connectivity index (χ3n) is 3.02. The molecule has 0 saturated carbocycles. The van der Waals surface area contributed by atoms with Crippen LogP contribution in [0.25, 0.3) is 0 Å². The minimum atomic E-state index is 0.602. The molecule has 0 saturated heterocycles. The van der Waals surface area contributed by atoms with Gasteiger partial charge in [0, 0.05) is 18.9 Å². The van der Waals surface area contributed by atoms with Gasteiger partial charge in [0.05, 0.1) is 11.0 Å². The topological polar surface area (TPSA) is 39.1 Å². The Kier molecular flexibility index (Phi) is 6.26. The summed E-state index contributed by atoms with van der Waals surface area (Å²) in [5, 5.41) is 7.58. The molecular formula is C16H22BrN3O. The number of aromatic nitrogens is 2. The van der Waals surface area contributed by atoms with Crippen molar-refractivity contribution in [2.45, 2.75) is 26.9 Å². The molecule has 0 aliphatic rings. The van der Waals surface area contributed by atoms with Crippen LogP contribution < -0.4 is 10.1 Å². The molecule has 0 aliphatic heterocycles. The van der Waals surface area contributed by atoms with Crippen molar-refractivity contribution in [2.24, 2.45) is 5.92 Å². The molecule has 114 valence electrons. The van der Waals surface area contributed by atoms with E-state index in [1.54, 1.807) is 6.20 Å². The van der Waals surface area contributed by atoms with Gasteiger partial charge in [0.2, 0.25) is 0 Å². The van der Waals surface area contributed by atoms with Gasteiger partial charge in [-0.3, -0.25) is 4.68 Å². The molecule has 1 N–H and O–H groups in total. The van der Waals surface area contributed by atoms with Crippen LogP contribution in [-0.2, 0) is 13.1 Å². The van der Waals surface area contributed by atoms with Crippen molar-refractivity contribution in [2.75, 3.05) is 13.2 Å². The number of halogens is 1. The molecular weight excluding hydrogens is 330 g/mol. The molecule has 0 atom stereocenters. The Balaban J connectivity index is 1.81. The zero-order valence-electron chi connectivity index (χ0n) is 12.6. The first-order valence-corrected chi connectivity index (χ1v) is 8.04. The van der Waals surface area contributed by atoms with Crippen molar-refractivity contribution in [1.82, 2.24) is 15.1 Å². The van der Waals surface area contributed by atoms with Gasteiger partial charge in [0.25, 0.3) is 0 Å². The maximum atomic E-state index is 5.78. The first-order valence-electron chi connectivity index (χ1n) is 7.24. The standard InChI is InChI=1S/C16H22BrN3O/c1-13(2)11-18-12-14-4-5-16(15(17)10-14)21-9-8-20-7-3-6-19-20/h3-7,10,13,18H,8-9,11-12H2,1-2H3. The summed E-state index contributed by atoms with van der Waals surface area (Å²) in [5.41, 5.74) is 1.25. The van der Waals surface area contributed by atoms with Crippen LogP contribution in [0.3, 0.4) is 0 Å². The summed E-state index contributed by atoms with van der Waals surface area (Å²) in [7, 11) is 0. The van der Waals surface area contributed by atoms with Gasteiger partial charge in [0.1, 0.15) is 12.4 Å². The predicted octanol–water partition coefficient (Wildman–Crippen LogP) is 3.47. The molecule has 2 aromatic rings. The molecule has 0 bridgehead atoms. The van der Waals surface area contributed by atoms with Gasteiger partial charge in [0.15, 0.2) is 0 Å². The molecule has 0 radical (unpaired) electrons. The van der Waals surface area contributed by atoms with E-state index in [9.17, 15) is 0 Å². The Bertz CT molecular complexity index is 540. The zero-order chi connectivity index (χ0) is 15.1. The number of ether oxygens (including phenoxy) is 1. The molecule has 2 rings (SSSR count). The fourth-order valence-corrected chi connectivity index (χ4v) is 2.50. The number of benzene rings is 1. The number of nitrogens with zero attached hydrogens (tertiary/aromatic N) is 2. The van der Waals surface area contributed by atoms with Gasteiger partial charge in [-0.1, -0.05) is 19.9 Å². The van der Waals surface area contributed by atoms with Gasteiger partial charge in [-0.15, -0.1) is 0 Å². The van der Waals surface area contributed by atoms with E-state index in [4.69, 9.17) is 4.74 Å². The van der Waals surface area contributed by atoms with E-state index in [0.717, 1.165) is 29.9 Å². The van der Waals surface area contributed by atoms with Crippen LogP contribution >= 0.6 is 15.9 Å². The highest BCUT2D eigenvalue weighted by Crippen LogP contribution is 2.26. The maximum absolute atomic E-state index is 5.78. The minimum absolute atomic E-state index is 0.602. The second kappa shape index (κ2) is 8.20. The second-order valence-corrected chi connectivity index (χ2v) is 6.26. The lowest BCUT2D eigenvalue weighted by Gasteiger charge is -2.11. The molecule has 1 heterocycles. The summed E-state index contributed by atoms with van der Waals surface area (Å²) < 4.78 is 8.63. The highest BCUT2D eigenvalue weighted by molar-refractivity contribution is 9.10. The van der Waals surface area contributed by atoms with Crippen LogP contribution in [-0.4, -0.2) is 22.9 Å². The van der Waals surface area contributed by atoms with Crippen LogP contribution in [0.15, 0.2) is 41.1 Å². The summed E-state index contributed by atoms with van der Waals surface area (Å²) in [4.78, 5) is 0. The van der Waals surface area contributed by atoms with Crippen LogP contribution in [0, 0.1) is 5.92 Å². The fraction of sp³-hybridized carbons (Fsp3) is 0.438.